The molecule has 4 rings (SSSR count). The maximum absolute atomic E-state index is 11.6. The van der Waals surface area contributed by atoms with E-state index in [4.69, 9.17) is 0 Å². The van der Waals surface area contributed by atoms with E-state index in [1.807, 2.05) is 30.3 Å². The van der Waals surface area contributed by atoms with Gasteiger partial charge >= 0.3 is 11.2 Å². The minimum absolute atomic E-state index is 0.0950. The number of rotatable bonds is 1. The van der Waals surface area contributed by atoms with E-state index in [9.17, 15) is 14.8 Å². The molecule has 6 heteroatoms. The predicted octanol–water partition coefficient (Wildman–Crippen LogP) is 3.39. The molecule has 0 unspecified atom stereocenters. The highest BCUT2D eigenvalue weighted by atomic mass is 32.1. The van der Waals surface area contributed by atoms with Crippen LogP contribution in [0.5, 0.6) is 0 Å². The molecule has 0 aliphatic carbocycles. The number of H-pyrrole nitrogens is 1. The van der Waals surface area contributed by atoms with Crippen molar-refractivity contribution in [3.8, 4) is 0 Å². The van der Waals surface area contributed by atoms with Crippen molar-refractivity contribution in [3.63, 3.8) is 0 Å². The van der Waals surface area contributed by atoms with E-state index < -0.39 is 11.2 Å². The molecule has 24 heavy (non-hydrogen) atoms. The zero-order valence-corrected chi connectivity index (χ0v) is 13.8. The summed E-state index contributed by atoms with van der Waals surface area (Å²) in [6, 6.07) is 17.8. The van der Waals surface area contributed by atoms with Gasteiger partial charge in [0.1, 0.15) is 4.70 Å². The van der Waals surface area contributed by atoms with Crippen LogP contribution >= 0.6 is 11.3 Å². The lowest BCUT2D eigenvalue weighted by Crippen LogP contribution is -2.32. The highest BCUT2D eigenvalue weighted by Crippen LogP contribution is 2.28. The number of thiophene rings is 1. The number of fused-ring (bicyclic) bond motifs is 3. The number of benzene rings is 2. The number of aromatic nitrogens is 2. The third kappa shape index (κ3) is 2.96. The Morgan fingerprint density at radius 1 is 1.04 bits per heavy atom. The van der Waals surface area contributed by atoms with E-state index in [0.29, 0.717) is 10.2 Å². The summed E-state index contributed by atoms with van der Waals surface area (Å²) < 4.78 is 1.34. The zero-order valence-electron chi connectivity index (χ0n) is 13.0. The Kier molecular flexibility index (Phi) is 4.48. The molecule has 2 aromatic carbocycles. The summed E-state index contributed by atoms with van der Waals surface area (Å²) in [6.45, 7) is 2.16. The minimum Gasteiger partial charge on any atom is -0.421 e. The van der Waals surface area contributed by atoms with Crippen molar-refractivity contribution in [1.29, 1.82) is 0 Å². The molecule has 0 radical (unpaired) electrons. The van der Waals surface area contributed by atoms with Crippen LogP contribution in [0.1, 0.15) is 12.5 Å². The highest BCUT2D eigenvalue weighted by molar-refractivity contribution is 7.25. The second-order valence-electron chi connectivity index (χ2n) is 5.19. The van der Waals surface area contributed by atoms with Gasteiger partial charge in [0.25, 0.3) is 0 Å². The number of aryl methyl sites for hydroxylation is 1. The Balaban J connectivity index is 0.000000179. The van der Waals surface area contributed by atoms with E-state index in [1.165, 1.54) is 16.9 Å². The Morgan fingerprint density at radius 2 is 1.71 bits per heavy atom. The third-order valence-corrected chi connectivity index (χ3v) is 4.82. The summed E-state index contributed by atoms with van der Waals surface area (Å²) in [5.41, 5.74) is 0.398. The zero-order chi connectivity index (χ0) is 17.1. The van der Waals surface area contributed by atoms with Gasteiger partial charge in [0, 0.05) is 10.1 Å². The molecule has 0 aliphatic rings. The Bertz CT molecular complexity index is 1090. The van der Waals surface area contributed by atoms with Crippen molar-refractivity contribution < 1.29 is 5.21 Å². The summed E-state index contributed by atoms with van der Waals surface area (Å²) in [5, 5.41) is 10.0. The molecule has 2 N–H and O–H groups in total. The molecule has 0 atom stereocenters. The third-order valence-electron chi connectivity index (χ3n) is 3.66. The second-order valence-corrected chi connectivity index (χ2v) is 6.24. The molecule has 0 amide bonds. The van der Waals surface area contributed by atoms with Crippen molar-refractivity contribution in [3.05, 3.63) is 81.0 Å². The number of hydrogen-bond acceptors (Lipinski definition) is 4. The van der Waals surface area contributed by atoms with E-state index in [2.05, 4.69) is 36.2 Å². The monoisotopic (exact) mass is 340 g/mol. The summed E-state index contributed by atoms with van der Waals surface area (Å²) in [5.74, 6) is 0. The van der Waals surface area contributed by atoms with E-state index >= 15 is 0 Å². The van der Waals surface area contributed by atoms with Crippen LogP contribution < -0.4 is 11.2 Å². The molecule has 0 bridgehead atoms. The van der Waals surface area contributed by atoms with Crippen molar-refractivity contribution in [2.24, 2.45) is 0 Å². The molecular weight excluding hydrogens is 324 g/mol. The van der Waals surface area contributed by atoms with E-state index in [-0.39, 0.29) is 4.73 Å². The van der Waals surface area contributed by atoms with E-state index in [1.54, 1.807) is 0 Å². The molecule has 2 heterocycles. The number of hydrogen-bond donors (Lipinski definition) is 2. The first-order valence-electron chi connectivity index (χ1n) is 7.51. The molecular formula is C18H16N2O3S. The topological polar surface area (TPSA) is 75.1 Å². The SMILES string of the molecule is CCc1ccccc1.O=c1[nH]c2c(sc3ccccc32)c(=O)n1O. The van der Waals surface area contributed by atoms with Crippen molar-refractivity contribution >= 4 is 31.6 Å². The van der Waals surface area contributed by atoms with Gasteiger partial charge in [-0.25, -0.2) is 4.79 Å². The van der Waals surface area contributed by atoms with Gasteiger partial charge < -0.3 is 10.2 Å². The maximum Gasteiger partial charge on any atom is 0.362 e. The average Bonchev–Trinajstić information content (AvgIpc) is 3.00. The number of nitrogens with one attached hydrogen (secondary N) is 1. The van der Waals surface area contributed by atoms with Crippen LogP contribution in [0, 0.1) is 0 Å². The van der Waals surface area contributed by atoms with Crippen LogP contribution in [0.3, 0.4) is 0 Å². The van der Waals surface area contributed by atoms with Crippen LogP contribution in [-0.4, -0.2) is 14.9 Å². The van der Waals surface area contributed by atoms with Gasteiger partial charge in [0.05, 0.1) is 5.52 Å². The molecule has 122 valence electrons. The Labute approximate surface area is 141 Å². The fraction of sp³-hybridized carbons (Fsp3) is 0.111. The largest absolute Gasteiger partial charge is 0.421 e. The fourth-order valence-electron chi connectivity index (χ4n) is 2.38. The van der Waals surface area contributed by atoms with Gasteiger partial charge in [0.2, 0.25) is 0 Å². The maximum atomic E-state index is 11.6. The van der Waals surface area contributed by atoms with Crippen molar-refractivity contribution in [2.75, 3.05) is 0 Å². The average molecular weight is 340 g/mol. The van der Waals surface area contributed by atoms with Crippen molar-refractivity contribution in [1.82, 2.24) is 9.71 Å². The molecule has 0 fully saturated rings. The lowest BCUT2D eigenvalue weighted by atomic mass is 10.2. The fourth-order valence-corrected chi connectivity index (χ4v) is 3.47. The van der Waals surface area contributed by atoms with Gasteiger partial charge in [-0.15, -0.1) is 11.3 Å². The van der Waals surface area contributed by atoms with Gasteiger partial charge in [-0.2, -0.15) is 0 Å². The summed E-state index contributed by atoms with van der Waals surface area (Å²) in [6.07, 6.45) is 1.14. The first-order chi connectivity index (χ1) is 11.6. The Hall–Kier alpha value is -2.86. The van der Waals surface area contributed by atoms with Crippen LogP contribution in [0.2, 0.25) is 0 Å². The second kappa shape index (κ2) is 6.72. The van der Waals surface area contributed by atoms with Crippen LogP contribution in [0.25, 0.3) is 20.3 Å². The highest BCUT2D eigenvalue weighted by Gasteiger charge is 2.11. The van der Waals surface area contributed by atoms with Crippen molar-refractivity contribution in [2.45, 2.75) is 13.3 Å². The molecule has 0 aliphatic heterocycles. The standard InChI is InChI=1S/C10H6N2O3S.C8H10/c13-9-8-7(11-10(14)12(9)15)5-3-1-2-4-6(5)16-8;1-2-8-6-4-3-5-7-8/h1-4,15H,(H,11,14);3-7H,2H2,1H3. The van der Waals surface area contributed by atoms with Crippen LogP contribution in [0.15, 0.2) is 64.2 Å². The molecule has 2 aromatic heterocycles. The number of nitrogens with zero attached hydrogens (tertiary/aromatic N) is 1. The lowest BCUT2D eigenvalue weighted by molar-refractivity contribution is 0.163. The smallest absolute Gasteiger partial charge is 0.362 e. The normalized spacial score (nSPS) is 10.5. The van der Waals surface area contributed by atoms with Gasteiger partial charge in [-0.05, 0) is 18.1 Å². The number of aromatic amines is 1. The summed E-state index contributed by atoms with van der Waals surface area (Å²) in [4.78, 5) is 25.4. The lowest BCUT2D eigenvalue weighted by Gasteiger charge is -1.94. The molecule has 0 saturated carbocycles. The molecule has 0 spiro atoms. The van der Waals surface area contributed by atoms with Gasteiger partial charge in [0.15, 0.2) is 0 Å². The Morgan fingerprint density at radius 3 is 2.38 bits per heavy atom. The van der Waals surface area contributed by atoms with Crippen LogP contribution in [-0.2, 0) is 6.42 Å². The first kappa shape index (κ1) is 16.0. The quantitative estimate of drug-likeness (QED) is 0.522. The minimum atomic E-state index is -0.818. The molecule has 4 aromatic rings. The molecule has 0 saturated heterocycles. The van der Waals surface area contributed by atoms with Crippen LogP contribution in [0.4, 0.5) is 0 Å². The van der Waals surface area contributed by atoms with Gasteiger partial charge in [-0.3, -0.25) is 4.79 Å². The van der Waals surface area contributed by atoms with Gasteiger partial charge in [-0.1, -0.05) is 60.2 Å². The summed E-state index contributed by atoms with van der Waals surface area (Å²) in [7, 11) is 0. The predicted molar refractivity (Wildman–Crippen MR) is 97.2 cm³/mol. The van der Waals surface area contributed by atoms with E-state index in [0.717, 1.165) is 16.5 Å². The first-order valence-corrected chi connectivity index (χ1v) is 8.33. The molecule has 5 nitrogen and oxygen atoms in total. The summed E-state index contributed by atoms with van der Waals surface area (Å²) >= 11 is 1.25.